The Kier molecular flexibility index (Phi) is 3.17. The average Bonchev–Trinajstić information content (AvgIpc) is 2.28. The summed E-state index contributed by atoms with van der Waals surface area (Å²) in [5.41, 5.74) is 7.23. The smallest absolute Gasteiger partial charge is 0.324 e. The molecule has 2 rings (SSSR count). The van der Waals surface area contributed by atoms with E-state index < -0.39 is 11.5 Å². The van der Waals surface area contributed by atoms with Crippen molar-refractivity contribution in [1.82, 2.24) is 4.90 Å². The van der Waals surface area contributed by atoms with Crippen LogP contribution in [-0.4, -0.2) is 34.6 Å². The lowest BCUT2D eigenvalue weighted by Gasteiger charge is -2.33. The van der Waals surface area contributed by atoms with Crippen LogP contribution in [0.15, 0.2) is 24.3 Å². The Morgan fingerprint density at radius 1 is 1.47 bits per heavy atom. The molecule has 1 unspecified atom stereocenters. The molecule has 0 aromatic heterocycles. The second-order valence-corrected chi connectivity index (χ2v) is 4.95. The lowest BCUT2D eigenvalue weighted by molar-refractivity contribution is -0.143. The quantitative estimate of drug-likeness (QED) is 0.813. The number of aliphatic carboxylic acids is 1. The summed E-state index contributed by atoms with van der Waals surface area (Å²) in [6.45, 7) is 3.61. The minimum Gasteiger partial charge on any atom is -0.480 e. The highest BCUT2D eigenvalue weighted by Crippen LogP contribution is 2.19. The highest BCUT2D eigenvalue weighted by Gasteiger charge is 2.31. The zero-order chi connectivity index (χ0) is 12.5. The van der Waals surface area contributed by atoms with Crippen molar-refractivity contribution in [3.63, 3.8) is 0 Å². The Morgan fingerprint density at radius 3 is 2.76 bits per heavy atom. The second-order valence-electron chi connectivity index (χ2n) is 4.95. The minimum atomic E-state index is -1.17. The molecule has 0 fully saturated rings. The monoisotopic (exact) mass is 234 g/mol. The Bertz CT molecular complexity index is 429. The number of hydrogen-bond donors (Lipinski definition) is 2. The van der Waals surface area contributed by atoms with E-state index in [1.807, 2.05) is 12.1 Å². The van der Waals surface area contributed by atoms with Gasteiger partial charge in [0, 0.05) is 19.6 Å². The molecule has 17 heavy (non-hydrogen) atoms. The number of benzene rings is 1. The number of rotatable bonds is 3. The van der Waals surface area contributed by atoms with Gasteiger partial charge in [-0.2, -0.15) is 0 Å². The van der Waals surface area contributed by atoms with E-state index in [0.717, 1.165) is 19.5 Å². The summed E-state index contributed by atoms with van der Waals surface area (Å²) >= 11 is 0. The van der Waals surface area contributed by atoms with Crippen molar-refractivity contribution >= 4 is 5.97 Å². The molecular formula is C13H18N2O2. The van der Waals surface area contributed by atoms with Crippen LogP contribution in [0.5, 0.6) is 0 Å². The molecule has 92 valence electrons. The third-order valence-corrected chi connectivity index (χ3v) is 3.25. The van der Waals surface area contributed by atoms with Gasteiger partial charge in [-0.15, -0.1) is 0 Å². The van der Waals surface area contributed by atoms with Crippen LogP contribution in [0, 0.1) is 0 Å². The molecule has 0 radical (unpaired) electrons. The molecule has 0 spiro atoms. The lowest BCUT2D eigenvalue weighted by Crippen LogP contribution is -2.54. The molecule has 1 aromatic rings. The fourth-order valence-corrected chi connectivity index (χ4v) is 2.22. The first kappa shape index (κ1) is 12.1. The predicted molar refractivity (Wildman–Crippen MR) is 65.7 cm³/mol. The minimum absolute atomic E-state index is 0.386. The van der Waals surface area contributed by atoms with Gasteiger partial charge in [0.25, 0.3) is 0 Å². The van der Waals surface area contributed by atoms with Crippen molar-refractivity contribution in [3.05, 3.63) is 35.4 Å². The number of hydrogen-bond acceptors (Lipinski definition) is 3. The Morgan fingerprint density at radius 2 is 2.12 bits per heavy atom. The van der Waals surface area contributed by atoms with Crippen molar-refractivity contribution in [3.8, 4) is 0 Å². The number of nitrogens with zero attached hydrogens (tertiary/aromatic N) is 1. The standard InChI is InChI=1S/C13H18N2O2/c1-13(14,12(16)17)9-15-7-6-10-4-2-3-5-11(10)8-15/h2-5H,6-9,14H2,1H3,(H,16,17). The van der Waals surface area contributed by atoms with Crippen molar-refractivity contribution < 1.29 is 9.90 Å². The summed E-state index contributed by atoms with van der Waals surface area (Å²) in [7, 11) is 0. The molecule has 1 aliphatic rings. The summed E-state index contributed by atoms with van der Waals surface area (Å²) < 4.78 is 0. The topological polar surface area (TPSA) is 66.6 Å². The number of carboxylic acids is 1. The van der Waals surface area contributed by atoms with Crippen molar-refractivity contribution in [2.45, 2.75) is 25.4 Å². The van der Waals surface area contributed by atoms with E-state index >= 15 is 0 Å². The summed E-state index contributed by atoms with van der Waals surface area (Å²) in [4.78, 5) is 13.1. The lowest BCUT2D eigenvalue weighted by atomic mass is 9.97. The molecule has 3 N–H and O–H groups in total. The zero-order valence-corrected chi connectivity index (χ0v) is 10.0. The van der Waals surface area contributed by atoms with Crippen LogP contribution < -0.4 is 5.73 Å². The van der Waals surface area contributed by atoms with E-state index in [-0.39, 0.29) is 0 Å². The van der Waals surface area contributed by atoms with Crippen molar-refractivity contribution in [1.29, 1.82) is 0 Å². The van der Waals surface area contributed by atoms with Gasteiger partial charge in [-0.05, 0) is 24.5 Å². The van der Waals surface area contributed by atoms with Crippen molar-refractivity contribution in [2.75, 3.05) is 13.1 Å². The van der Waals surface area contributed by atoms with E-state index in [1.54, 1.807) is 6.92 Å². The first-order valence-electron chi connectivity index (χ1n) is 5.80. The fraction of sp³-hybridized carbons (Fsp3) is 0.462. The molecule has 0 saturated carbocycles. The van der Waals surface area contributed by atoms with Crippen molar-refractivity contribution in [2.24, 2.45) is 5.73 Å². The molecule has 1 aliphatic heterocycles. The van der Waals surface area contributed by atoms with Gasteiger partial charge in [-0.1, -0.05) is 24.3 Å². The number of fused-ring (bicyclic) bond motifs is 1. The highest BCUT2D eigenvalue weighted by molar-refractivity contribution is 5.78. The molecule has 1 aromatic carbocycles. The molecule has 1 atom stereocenters. The van der Waals surface area contributed by atoms with Gasteiger partial charge in [0.2, 0.25) is 0 Å². The van der Waals surface area contributed by atoms with Gasteiger partial charge in [0.1, 0.15) is 5.54 Å². The Hall–Kier alpha value is -1.39. The first-order chi connectivity index (χ1) is 7.99. The maximum absolute atomic E-state index is 11.0. The maximum Gasteiger partial charge on any atom is 0.324 e. The molecule has 0 amide bonds. The summed E-state index contributed by atoms with van der Waals surface area (Å²) in [5, 5.41) is 9.02. The van der Waals surface area contributed by atoms with Gasteiger partial charge in [-0.25, -0.2) is 0 Å². The number of carboxylic acid groups (broad SMARTS) is 1. The molecule has 0 saturated heterocycles. The van der Waals surface area contributed by atoms with E-state index in [4.69, 9.17) is 10.8 Å². The molecule has 1 heterocycles. The van der Waals surface area contributed by atoms with Gasteiger partial charge in [-0.3, -0.25) is 9.69 Å². The predicted octanol–water partition coefficient (Wildman–Crippen LogP) is 0.847. The second kappa shape index (κ2) is 4.47. The third-order valence-electron chi connectivity index (χ3n) is 3.25. The van der Waals surface area contributed by atoms with Crippen LogP contribution in [0.3, 0.4) is 0 Å². The number of nitrogens with two attached hydrogens (primary N) is 1. The third kappa shape index (κ3) is 2.65. The van der Waals surface area contributed by atoms with Crippen LogP contribution in [-0.2, 0) is 17.8 Å². The van der Waals surface area contributed by atoms with E-state index in [2.05, 4.69) is 17.0 Å². The van der Waals surface area contributed by atoms with E-state index in [1.165, 1.54) is 11.1 Å². The normalized spacial score (nSPS) is 19.4. The Labute approximate surface area is 101 Å². The molecular weight excluding hydrogens is 216 g/mol. The Balaban J connectivity index is 2.06. The van der Waals surface area contributed by atoms with E-state index in [9.17, 15) is 4.79 Å². The summed E-state index contributed by atoms with van der Waals surface area (Å²) in [6, 6.07) is 8.28. The first-order valence-corrected chi connectivity index (χ1v) is 5.80. The van der Waals surface area contributed by atoms with Crippen LogP contribution in [0.25, 0.3) is 0 Å². The largest absolute Gasteiger partial charge is 0.480 e. The molecule has 0 aliphatic carbocycles. The van der Waals surface area contributed by atoms with Gasteiger partial charge < -0.3 is 10.8 Å². The highest BCUT2D eigenvalue weighted by atomic mass is 16.4. The average molecular weight is 234 g/mol. The molecule has 4 nitrogen and oxygen atoms in total. The van der Waals surface area contributed by atoms with Crippen LogP contribution in [0.4, 0.5) is 0 Å². The summed E-state index contributed by atoms with van der Waals surface area (Å²) in [5.74, 6) is -0.948. The SMILES string of the molecule is CC(N)(CN1CCc2ccccc2C1)C(=O)O. The van der Waals surface area contributed by atoms with Crippen LogP contribution >= 0.6 is 0 Å². The van der Waals surface area contributed by atoms with E-state index in [0.29, 0.717) is 6.54 Å². The molecule has 0 bridgehead atoms. The van der Waals surface area contributed by atoms with Gasteiger partial charge >= 0.3 is 5.97 Å². The molecule has 4 heteroatoms. The van der Waals surface area contributed by atoms with Crippen LogP contribution in [0.1, 0.15) is 18.1 Å². The maximum atomic E-state index is 11.0. The van der Waals surface area contributed by atoms with Crippen LogP contribution in [0.2, 0.25) is 0 Å². The fourth-order valence-electron chi connectivity index (χ4n) is 2.22. The summed E-state index contributed by atoms with van der Waals surface area (Å²) in [6.07, 6.45) is 0.964. The number of carbonyl (C=O) groups is 1. The van der Waals surface area contributed by atoms with Gasteiger partial charge in [0.05, 0.1) is 0 Å². The van der Waals surface area contributed by atoms with Gasteiger partial charge in [0.15, 0.2) is 0 Å². The zero-order valence-electron chi connectivity index (χ0n) is 10.0.